The van der Waals surface area contributed by atoms with Gasteiger partial charge in [-0.2, -0.15) is 0 Å². The van der Waals surface area contributed by atoms with E-state index in [9.17, 15) is 13.2 Å². The zero-order valence-electron chi connectivity index (χ0n) is 11.0. The second kappa shape index (κ2) is 4.74. The molecule has 0 aliphatic carbocycles. The molecule has 21 heavy (non-hydrogen) atoms. The van der Waals surface area contributed by atoms with Gasteiger partial charge < -0.3 is 4.42 Å². The highest BCUT2D eigenvalue weighted by atomic mass is 32.2. The Morgan fingerprint density at radius 3 is 2.81 bits per heavy atom. The smallest absolute Gasteiger partial charge is 0.408 e. The summed E-state index contributed by atoms with van der Waals surface area (Å²) in [5, 5.41) is 0. The zero-order chi connectivity index (χ0) is 15.0. The van der Waals surface area contributed by atoms with Gasteiger partial charge >= 0.3 is 5.76 Å². The number of benzene rings is 1. The van der Waals surface area contributed by atoms with Crippen LogP contribution in [0.5, 0.6) is 0 Å². The molecule has 8 heteroatoms. The molecule has 0 atom stereocenters. The summed E-state index contributed by atoms with van der Waals surface area (Å²) in [5.41, 5.74) is 1.83. The van der Waals surface area contributed by atoms with Crippen molar-refractivity contribution in [1.29, 1.82) is 0 Å². The number of fused-ring (bicyclic) bond motifs is 1. The van der Waals surface area contributed by atoms with Gasteiger partial charge in [0.2, 0.25) is 0 Å². The third kappa shape index (κ3) is 2.65. The monoisotopic (exact) mass is 305 g/mol. The van der Waals surface area contributed by atoms with Crippen molar-refractivity contribution in [3.63, 3.8) is 0 Å². The molecule has 0 amide bonds. The van der Waals surface area contributed by atoms with Crippen molar-refractivity contribution in [2.75, 3.05) is 4.72 Å². The molecule has 2 N–H and O–H groups in total. The topological polar surface area (TPSA) is 105 Å². The molecular formula is C13H11N3O4S. The summed E-state index contributed by atoms with van der Waals surface area (Å²) in [4.78, 5) is 17.5. The van der Waals surface area contributed by atoms with E-state index >= 15 is 0 Å². The quantitative estimate of drug-likeness (QED) is 0.765. The molecule has 0 spiro atoms. The summed E-state index contributed by atoms with van der Waals surface area (Å²) in [5.74, 6) is -0.629. The van der Waals surface area contributed by atoms with Crippen LogP contribution in [0.4, 0.5) is 5.69 Å². The molecule has 0 bridgehead atoms. The number of sulfonamides is 1. The van der Waals surface area contributed by atoms with Crippen LogP contribution >= 0.6 is 0 Å². The minimum Gasteiger partial charge on any atom is -0.408 e. The van der Waals surface area contributed by atoms with Gasteiger partial charge in [-0.05, 0) is 30.7 Å². The molecule has 3 rings (SSSR count). The van der Waals surface area contributed by atoms with Gasteiger partial charge in [-0.15, -0.1) is 0 Å². The molecule has 0 radical (unpaired) electrons. The lowest BCUT2D eigenvalue weighted by atomic mass is 10.3. The minimum atomic E-state index is -3.78. The van der Waals surface area contributed by atoms with Crippen molar-refractivity contribution >= 4 is 26.8 Å². The predicted molar refractivity (Wildman–Crippen MR) is 76.6 cm³/mol. The number of rotatable bonds is 3. The molecule has 3 aromatic rings. The van der Waals surface area contributed by atoms with Crippen LogP contribution in [0, 0.1) is 6.92 Å². The Morgan fingerprint density at radius 2 is 2.05 bits per heavy atom. The fourth-order valence-corrected chi connectivity index (χ4v) is 2.97. The van der Waals surface area contributed by atoms with Crippen LogP contribution < -0.4 is 10.5 Å². The molecule has 0 fully saturated rings. The van der Waals surface area contributed by atoms with Crippen molar-refractivity contribution in [2.24, 2.45) is 0 Å². The van der Waals surface area contributed by atoms with E-state index < -0.39 is 15.8 Å². The van der Waals surface area contributed by atoms with Gasteiger partial charge in [-0.25, -0.2) is 13.2 Å². The molecule has 2 aromatic heterocycles. The molecule has 0 aliphatic heterocycles. The Bertz CT molecular complexity index is 972. The van der Waals surface area contributed by atoms with E-state index in [0.717, 1.165) is 5.56 Å². The number of aromatic nitrogens is 2. The van der Waals surface area contributed by atoms with Crippen LogP contribution in [0.1, 0.15) is 5.56 Å². The third-order valence-electron chi connectivity index (χ3n) is 2.83. The van der Waals surface area contributed by atoms with Crippen LogP contribution in [0.15, 0.2) is 50.8 Å². The average molecular weight is 305 g/mol. The summed E-state index contributed by atoms with van der Waals surface area (Å²) in [6, 6.07) is 5.82. The Hall–Kier alpha value is -2.61. The summed E-state index contributed by atoms with van der Waals surface area (Å²) < 4.78 is 31.9. The standard InChI is InChI=1S/C13H11N3O4S/c1-8-4-9(7-14-6-8)16-21(18,19)10-2-3-11-12(5-10)20-13(17)15-11/h2-7,16H,1H3,(H,15,17). The average Bonchev–Trinajstić information content (AvgIpc) is 2.77. The second-order valence-corrected chi connectivity index (χ2v) is 6.21. The van der Waals surface area contributed by atoms with Crippen molar-refractivity contribution in [3.8, 4) is 0 Å². The number of nitrogens with zero attached hydrogens (tertiary/aromatic N) is 1. The highest BCUT2D eigenvalue weighted by molar-refractivity contribution is 7.92. The van der Waals surface area contributed by atoms with Gasteiger partial charge in [-0.1, -0.05) is 0 Å². The van der Waals surface area contributed by atoms with Crippen molar-refractivity contribution in [2.45, 2.75) is 11.8 Å². The first-order valence-electron chi connectivity index (χ1n) is 6.01. The zero-order valence-corrected chi connectivity index (χ0v) is 11.8. The van der Waals surface area contributed by atoms with Gasteiger partial charge in [0.15, 0.2) is 5.58 Å². The van der Waals surface area contributed by atoms with Crippen molar-refractivity contribution in [1.82, 2.24) is 9.97 Å². The Balaban J connectivity index is 2.01. The molecule has 0 aliphatic rings. The number of pyridine rings is 1. The highest BCUT2D eigenvalue weighted by Gasteiger charge is 2.16. The number of H-pyrrole nitrogens is 1. The first kappa shape index (κ1) is 13.4. The third-order valence-corrected chi connectivity index (χ3v) is 4.21. The first-order chi connectivity index (χ1) is 9.94. The van der Waals surface area contributed by atoms with Gasteiger partial charge in [0.25, 0.3) is 10.0 Å². The maximum Gasteiger partial charge on any atom is 0.417 e. The maximum atomic E-state index is 12.3. The molecule has 0 saturated carbocycles. The van der Waals surface area contributed by atoms with E-state index in [2.05, 4.69) is 14.7 Å². The molecule has 2 heterocycles. The van der Waals surface area contributed by atoms with Gasteiger partial charge in [0, 0.05) is 12.3 Å². The van der Waals surface area contributed by atoms with E-state index in [-0.39, 0.29) is 10.5 Å². The molecule has 1 aromatic carbocycles. The summed E-state index contributed by atoms with van der Waals surface area (Å²) in [6.45, 7) is 1.81. The van der Waals surface area contributed by atoms with Crippen LogP contribution in [-0.4, -0.2) is 18.4 Å². The van der Waals surface area contributed by atoms with Crippen LogP contribution in [0.25, 0.3) is 11.1 Å². The summed E-state index contributed by atoms with van der Waals surface area (Å²) in [7, 11) is -3.78. The number of aryl methyl sites for hydroxylation is 1. The molecule has 7 nitrogen and oxygen atoms in total. The van der Waals surface area contributed by atoms with Crippen molar-refractivity contribution in [3.05, 3.63) is 52.8 Å². The second-order valence-electron chi connectivity index (χ2n) is 4.53. The maximum absolute atomic E-state index is 12.3. The largest absolute Gasteiger partial charge is 0.417 e. The first-order valence-corrected chi connectivity index (χ1v) is 7.50. The van der Waals surface area contributed by atoms with E-state index in [0.29, 0.717) is 11.2 Å². The SMILES string of the molecule is Cc1cncc(NS(=O)(=O)c2ccc3[nH]c(=O)oc3c2)c1. The Kier molecular flexibility index (Phi) is 3.02. The molecule has 108 valence electrons. The van der Waals surface area contributed by atoms with Gasteiger partial charge in [0.1, 0.15) is 0 Å². The lowest BCUT2D eigenvalue weighted by Crippen LogP contribution is -2.13. The number of anilines is 1. The Labute approximate surface area is 119 Å². The highest BCUT2D eigenvalue weighted by Crippen LogP contribution is 2.19. The van der Waals surface area contributed by atoms with Crippen LogP contribution in [-0.2, 0) is 10.0 Å². The van der Waals surface area contributed by atoms with Crippen molar-refractivity contribution < 1.29 is 12.8 Å². The predicted octanol–water partition coefficient (Wildman–Crippen LogP) is 1.63. The normalized spacial score (nSPS) is 11.7. The van der Waals surface area contributed by atoms with E-state index in [1.165, 1.54) is 24.4 Å². The van der Waals surface area contributed by atoms with E-state index in [4.69, 9.17) is 4.42 Å². The number of oxazole rings is 1. The number of nitrogens with one attached hydrogen (secondary N) is 2. The molecule has 0 unspecified atom stereocenters. The van der Waals surface area contributed by atoms with E-state index in [1.807, 2.05) is 6.92 Å². The van der Waals surface area contributed by atoms with Crippen LogP contribution in [0.3, 0.4) is 0 Å². The summed E-state index contributed by atoms with van der Waals surface area (Å²) in [6.07, 6.45) is 3.04. The van der Waals surface area contributed by atoms with Gasteiger partial charge in [0.05, 0.1) is 22.3 Å². The minimum absolute atomic E-state index is 0.000689. The van der Waals surface area contributed by atoms with Gasteiger partial charge in [-0.3, -0.25) is 14.7 Å². The lowest BCUT2D eigenvalue weighted by Gasteiger charge is -2.08. The number of hydrogen-bond donors (Lipinski definition) is 2. The summed E-state index contributed by atoms with van der Waals surface area (Å²) >= 11 is 0. The fraction of sp³-hybridized carbons (Fsp3) is 0.0769. The lowest BCUT2D eigenvalue weighted by molar-refractivity contribution is 0.554. The molecular weight excluding hydrogens is 294 g/mol. The fourth-order valence-electron chi connectivity index (χ4n) is 1.92. The Morgan fingerprint density at radius 1 is 1.24 bits per heavy atom. The molecule has 0 saturated heterocycles. The number of hydrogen-bond acceptors (Lipinski definition) is 5. The van der Waals surface area contributed by atoms with Crippen LogP contribution in [0.2, 0.25) is 0 Å². The number of aromatic amines is 1. The van der Waals surface area contributed by atoms with E-state index in [1.54, 1.807) is 12.3 Å².